The van der Waals surface area contributed by atoms with E-state index in [1.54, 1.807) is 53.1 Å². The summed E-state index contributed by atoms with van der Waals surface area (Å²) in [6.07, 6.45) is 0.524. The summed E-state index contributed by atoms with van der Waals surface area (Å²) in [6, 6.07) is 22.9. The second kappa shape index (κ2) is 11.3. The molecule has 1 heterocycles. The molecule has 186 valence electrons. The quantitative estimate of drug-likeness (QED) is 0.273. The van der Waals surface area contributed by atoms with Crippen LogP contribution in [-0.4, -0.2) is 34.3 Å². The highest BCUT2D eigenvalue weighted by atomic mass is 35.5. The summed E-state index contributed by atoms with van der Waals surface area (Å²) in [7, 11) is -3.67. The van der Waals surface area contributed by atoms with Gasteiger partial charge in [0.15, 0.2) is 20.8 Å². The van der Waals surface area contributed by atoms with Gasteiger partial charge in [-0.25, -0.2) is 8.42 Å². The molecule has 4 aromatic rings. The van der Waals surface area contributed by atoms with Gasteiger partial charge in [0.1, 0.15) is 5.75 Å². The predicted octanol–water partition coefficient (Wildman–Crippen LogP) is 5.71. The normalized spacial score (nSPS) is 12.3. The lowest BCUT2D eigenvalue weighted by molar-refractivity contribution is -0.115. The highest BCUT2D eigenvalue weighted by Gasteiger charge is 2.26. The molecule has 1 atom stereocenters. The number of anilines is 1. The summed E-state index contributed by atoms with van der Waals surface area (Å²) in [6.45, 7) is 3.81. The zero-order chi connectivity index (χ0) is 25.7. The van der Waals surface area contributed by atoms with Crippen molar-refractivity contribution in [2.45, 2.75) is 41.3 Å². The fourth-order valence-electron chi connectivity index (χ4n) is 3.54. The van der Waals surface area contributed by atoms with E-state index in [2.05, 4.69) is 15.5 Å². The molecular weight excluding hydrogens is 516 g/mol. The molecule has 7 nitrogen and oxygen atoms in total. The minimum absolute atomic E-state index is 0.207. The van der Waals surface area contributed by atoms with E-state index in [0.717, 1.165) is 5.56 Å². The number of amides is 1. The van der Waals surface area contributed by atoms with Crippen molar-refractivity contribution in [3.8, 4) is 5.69 Å². The summed E-state index contributed by atoms with van der Waals surface area (Å²) in [5.41, 5.74) is 2.28. The van der Waals surface area contributed by atoms with Gasteiger partial charge in [0, 0.05) is 16.4 Å². The SMILES string of the molecule is CCC(Sc1nnc(CS(=O)(=O)c2ccc(C)cc2)n1-c1ccccc1)C(=O)Nc1cccc(Cl)c1. The molecule has 0 radical (unpaired) electrons. The fraction of sp³-hybridized carbons (Fsp3) is 0.192. The molecule has 4 rings (SSSR count). The van der Waals surface area contributed by atoms with Crippen molar-refractivity contribution < 1.29 is 13.2 Å². The molecule has 0 spiro atoms. The summed E-state index contributed by atoms with van der Waals surface area (Å²) in [4.78, 5) is 13.2. The first kappa shape index (κ1) is 25.9. The number of carbonyl (C=O) groups excluding carboxylic acids is 1. The van der Waals surface area contributed by atoms with Crippen LogP contribution in [0, 0.1) is 6.92 Å². The van der Waals surface area contributed by atoms with E-state index in [4.69, 9.17) is 11.6 Å². The van der Waals surface area contributed by atoms with Crippen molar-refractivity contribution in [3.05, 3.63) is 95.3 Å². The molecule has 1 aromatic heterocycles. The van der Waals surface area contributed by atoms with E-state index in [9.17, 15) is 13.2 Å². The lowest BCUT2D eigenvalue weighted by atomic mass is 10.2. The Labute approximate surface area is 219 Å². The lowest BCUT2D eigenvalue weighted by Gasteiger charge is -2.16. The van der Waals surface area contributed by atoms with E-state index in [0.29, 0.717) is 28.0 Å². The summed E-state index contributed by atoms with van der Waals surface area (Å²) < 4.78 is 28.0. The summed E-state index contributed by atoms with van der Waals surface area (Å²) in [5, 5.41) is 11.9. The maximum atomic E-state index is 13.2. The molecule has 0 saturated heterocycles. The van der Waals surface area contributed by atoms with Crippen LogP contribution in [0.25, 0.3) is 5.69 Å². The molecule has 0 saturated carbocycles. The van der Waals surface area contributed by atoms with Crippen molar-refractivity contribution in [1.82, 2.24) is 14.8 Å². The monoisotopic (exact) mass is 540 g/mol. The maximum absolute atomic E-state index is 13.2. The van der Waals surface area contributed by atoms with Gasteiger partial charge < -0.3 is 5.32 Å². The fourth-order valence-corrected chi connectivity index (χ4v) is 5.97. The maximum Gasteiger partial charge on any atom is 0.237 e. The number of nitrogens with zero attached hydrogens (tertiary/aromatic N) is 3. The third kappa shape index (κ3) is 6.16. The molecular formula is C26H25ClN4O3S2. The minimum Gasteiger partial charge on any atom is -0.325 e. The summed E-state index contributed by atoms with van der Waals surface area (Å²) in [5.74, 6) is -0.264. The van der Waals surface area contributed by atoms with Gasteiger partial charge >= 0.3 is 0 Å². The smallest absolute Gasteiger partial charge is 0.237 e. The first-order valence-electron chi connectivity index (χ1n) is 11.3. The predicted molar refractivity (Wildman–Crippen MR) is 143 cm³/mol. The van der Waals surface area contributed by atoms with Crippen molar-refractivity contribution in [2.24, 2.45) is 0 Å². The molecule has 36 heavy (non-hydrogen) atoms. The average Bonchev–Trinajstić information content (AvgIpc) is 3.24. The van der Waals surface area contributed by atoms with Crippen LogP contribution < -0.4 is 5.32 Å². The topological polar surface area (TPSA) is 93.9 Å². The van der Waals surface area contributed by atoms with E-state index >= 15 is 0 Å². The first-order valence-corrected chi connectivity index (χ1v) is 14.2. The molecule has 3 aromatic carbocycles. The van der Waals surface area contributed by atoms with Crippen LogP contribution in [0.2, 0.25) is 5.02 Å². The number of hydrogen-bond donors (Lipinski definition) is 1. The standard InChI is InChI=1S/C26H25ClN4O3S2/c1-3-23(25(32)28-20-9-7-8-19(27)16-20)35-26-30-29-24(31(26)21-10-5-4-6-11-21)17-36(33,34)22-14-12-18(2)13-15-22/h4-16,23H,3,17H2,1-2H3,(H,28,32). The van der Waals surface area contributed by atoms with E-state index < -0.39 is 15.1 Å². The van der Waals surface area contributed by atoms with E-state index in [1.807, 2.05) is 44.2 Å². The average molecular weight is 541 g/mol. The number of halogens is 1. The third-order valence-electron chi connectivity index (χ3n) is 5.42. The number of carbonyl (C=O) groups is 1. The third-order valence-corrected chi connectivity index (χ3v) is 8.59. The number of benzene rings is 3. The second-order valence-electron chi connectivity index (χ2n) is 8.16. The van der Waals surface area contributed by atoms with Gasteiger partial charge in [0.25, 0.3) is 0 Å². The zero-order valence-corrected chi connectivity index (χ0v) is 22.1. The van der Waals surface area contributed by atoms with Crippen LogP contribution in [0.3, 0.4) is 0 Å². The molecule has 1 amide bonds. The Morgan fingerprint density at radius 1 is 1.03 bits per heavy atom. The molecule has 0 bridgehead atoms. The molecule has 0 fully saturated rings. The molecule has 10 heteroatoms. The molecule has 0 aliphatic heterocycles. The Bertz CT molecular complexity index is 1460. The molecule has 1 N–H and O–H groups in total. The highest BCUT2D eigenvalue weighted by Crippen LogP contribution is 2.30. The van der Waals surface area contributed by atoms with Crippen LogP contribution >= 0.6 is 23.4 Å². The molecule has 1 unspecified atom stereocenters. The van der Waals surface area contributed by atoms with Gasteiger partial charge in [-0.2, -0.15) is 0 Å². The minimum atomic E-state index is -3.67. The Morgan fingerprint density at radius 3 is 2.42 bits per heavy atom. The van der Waals surface area contributed by atoms with Crippen LogP contribution in [0.4, 0.5) is 5.69 Å². The largest absolute Gasteiger partial charge is 0.325 e. The second-order valence-corrected chi connectivity index (χ2v) is 11.8. The van der Waals surface area contributed by atoms with Crippen molar-refractivity contribution in [2.75, 3.05) is 5.32 Å². The number of sulfone groups is 1. The van der Waals surface area contributed by atoms with Gasteiger partial charge in [0.05, 0.1) is 10.1 Å². The summed E-state index contributed by atoms with van der Waals surface area (Å²) >= 11 is 7.28. The molecule has 0 aliphatic rings. The number of aryl methyl sites for hydroxylation is 1. The highest BCUT2D eigenvalue weighted by molar-refractivity contribution is 8.00. The lowest BCUT2D eigenvalue weighted by Crippen LogP contribution is -2.25. The van der Waals surface area contributed by atoms with Gasteiger partial charge in [-0.15, -0.1) is 10.2 Å². The van der Waals surface area contributed by atoms with Crippen molar-refractivity contribution in [3.63, 3.8) is 0 Å². The van der Waals surface area contributed by atoms with E-state index in [1.165, 1.54) is 11.8 Å². The Morgan fingerprint density at radius 2 is 1.75 bits per heavy atom. The van der Waals surface area contributed by atoms with Gasteiger partial charge in [-0.05, 0) is 55.8 Å². The number of hydrogen-bond acceptors (Lipinski definition) is 6. The van der Waals surface area contributed by atoms with Crippen molar-refractivity contribution >= 4 is 44.8 Å². The Kier molecular flexibility index (Phi) is 8.13. The van der Waals surface area contributed by atoms with E-state index in [-0.39, 0.29) is 22.4 Å². The Hall–Kier alpha value is -3.14. The Balaban J connectivity index is 1.64. The number of para-hydroxylation sites is 1. The van der Waals surface area contributed by atoms with Gasteiger partial charge in [-0.1, -0.05) is 72.2 Å². The van der Waals surface area contributed by atoms with Crippen LogP contribution in [-0.2, 0) is 20.4 Å². The number of aromatic nitrogens is 3. The number of thioether (sulfide) groups is 1. The van der Waals surface area contributed by atoms with Crippen LogP contribution in [0.1, 0.15) is 24.7 Å². The molecule has 0 aliphatic carbocycles. The number of rotatable bonds is 9. The zero-order valence-electron chi connectivity index (χ0n) is 19.8. The van der Waals surface area contributed by atoms with Crippen LogP contribution in [0.5, 0.6) is 0 Å². The number of nitrogens with one attached hydrogen (secondary N) is 1. The van der Waals surface area contributed by atoms with Crippen molar-refractivity contribution in [1.29, 1.82) is 0 Å². The van der Waals surface area contributed by atoms with Crippen LogP contribution in [0.15, 0.2) is 88.9 Å². The van der Waals surface area contributed by atoms with Gasteiger partial charge in [-0.3, -0.25) is 9.36 Å². The first-order chi connectivity index (χ1) is 17.3. The van der Waals surface area contributed by atoms with Gasteiger partial charge in [0.2, 0.25) is 5.91 Å².